The monoisotopic (exact) mass is 1260 g/mol. The lowest BCUT2D eigenvalue weighted by atomic mass is 9.33. The van der Waals surface area contributed by atoms with Crippen molar-refractivity contribution in [1.82, 2.24) is 29.5 Å². The van der Waals surface area contributed by atoms with Gasteiger partial charge in [0.1, 0.15) is 6.61 Å². The molecule has 0 radical (unpaired) electrons. The molecule has 10 nitrogen and oxygen atoms in total. The van der Waals surface area contributed by atoms with E-state index in [9.17, 15) is 4.79 Å². The Labute approximate surface area is 566 Å². The summed E-state index contributed by atoms with van der Waals surface area (Å²) in [6.45, 7) is 0.227. The zero-order chi connectivity index (χ0) is 65.0. The quantitative estimate of drug-likeness (QED) is 0.0825. The van der Waals surface area contributed by atoms with Gasteiger partial charge in [0.2, 0.25) is 0 Å². The van der Waals surface area contributed by atoms with Crippen LogP contribution < -0.4 is 26.2 Å². The molecule has 11 heteroatoms. The number of benzene rings is 13. The summed E-state index contributed by atoms with van der Waals surface area (Å²) in [5.41, 5.74) is 23.5. The van der Waals surface area contributed by atoms with Crippen molar-refractivity contribution >= 4 is 85.0 Å². The summed E-state index contributed by atoms with van der Waals surface area (Å²) in [6, 6.07) is 115. The van der Waals surface area contributed by atoms with E-state index in [0.717, 1.165) is 100 Å². The molecule has 2 aliphatic heterocycles. The zero-order valence-electron chi connectivity index (χ0n) is 52.9. The van der Waals surface area contributed by atoms with Crippen LogP contribution in [0, 0.1) is 0 Å². The minimum Gasteiger partial charge on any atom is -0.457 e. The van der Waals surface area contributed by atoms with Gasteiger partial charge in [-0.15, -0.1) is 0 Å². The van der Waals surface area contributed by atoms with E-state index in [1.54, 1.807) is 0 Å². The fourth-order valence-corrected chi connectivity index (χ4v) is 14.2. The first-order valence-electron chi connectivity index (χ1n) is 32.9. The number of carbonyl (C=O) groups excluding carboxylic acids is 1. The van der Waals surface area contributed by atoms with Gasteiger partial charge >= 0.3 is 5.97 Å². The number of aromatic nitrogens is 6. The molecule has 0 bridgehead atoms. The topological polar surface area (TPSA) is 102 Å². The summed E-state index contributed by atoms with van der Waals surface area (Å²) in [5.74, 6) is 1.68. The van der Waals surface area contributed by atoms with E-state index in [1.165, 1.54) is 39.1 Å². The molecule has 16 aromatic rings. The maximum atomic E-state index is 13.9. The highest BCUT2D eigenvalue weighted by molar-refractivity contribution is 7.00. The van der Waals surface area contributed by atoms with Crippen molar-refractivity contribution in [2.45, 2.75) is 6.61 Å². The van der Waals surface area contributed by atoms with Gasteiger partial charge in [-0.2, -0.15) is 0 Å². The van der Waals surface area contributed by atoms with Crippen LogP contribution in [0.5, 0.6) is 0 Å². The molecule has 0 N–H and O–H groups in total. The maximum Gasteiger partial charge on any atom is 0.338 e. The number of fused-ring (bicyclic) bond motifs is 7. The lowest BCUT2D eigenvalue weighted by Crippen LogP contribution is -2.61. The zero-order valence-corrected chi connectivity index (χ0v) is 52.9. The number of nitrogens with zero attached hydrogens (tertiary/aromatic N) is 8. The van der Waals surface area contributed by atoms with Crippen molar-refractivity contribution in [2.24, 2.45) is 0 Å². The molecule has 0 atom stereocenters. The van der Waals surface area contributed by atoms with Gasteiger partial charge in [0.25, 0.3) is 6.71 Å². The Bertz CT molecular complexity index is 5660. The largest absolute Gasteiger partial charge is 0.457 e. The Kier molecular flexibility index (Phi) is 14.3. The standard InChI is InChI=1S/C87H57BN8O2/c97-87(98-56-57-23-6-1-7-24-57)65-48-52-76-69(54-65)68-33-16-19-36-75(68)96(76)77-51-47-64(85-92-83(62-27-10-3-11-28-62)91-84(93-85)63-29-12-4-13-30-63)53-70(77)86-89-73(60-25-8-2-9-26-60)55-74(90-86)61-43-41-58(42-44-61)59-45-49-67(50-46-59)95-79-38-21-18-35-72(79)88-71-34-17-20-37-78(71)94(66-31-14-5-15-32-66)80-39-22-40-81(95)82(80)88/h1-55H,56H2. The second kappa shape index (κ2) is 24.3. The second-order valence-electron chi connectivity index (χ2n) is 24.6. The molecule has 0 amide bonds. The first-order valence-corrected chi connectivity index (χ1v) is 32.9. The molecule has 13 aromatic carbocycles. The third-order valence-corrected chi connectivity index (χ3v) is 18.8. The molecule has 460 valence electrons. The molecule has 3 aromatic heterocycles. The Hall–Kier alpha value is -13.1. The lowest BCUT2D eigenvalue weighted by molar-refractivity contribution is 0.0473. The van der Waals surface area contributed by atoms with Gasteiger partial charge < -0.3 is 19.1 Å². The highest BCUT2D eigenvalue weighted by Gasteiger charge is 2.43. The number of para-hydroxylation sites is 4. The first-order chi connectivity index (χ1) is 48.5. The van der Waals surface area contributed by atoms with Gasteiger partial charge in [0.15, 0.2) is 23.3 Å². The number of hydrogen-bond acceptors (Lipinski definition) is 9. The summed E-state index contributed by atoms with van der Waals surface area (Å²) in [5, 5.41) is 1.86. The van der Waals surface area contributed by atoms with Crippen molar-refractivity contribution in [2.75, 3.05) is 9.80 Å². The van der Waals surface area contributed by atoms with E-state index in [4.69, 9.17) is 29.7 Å². The van der Waals surface area contributed by atoms with Gasteiger partial charge in [0, 0.05) is 78.3 Å². The highest BCUT2D eigenvalue weighted by Crippen LogP contribution is 2.45. The van der Waals surface area contributed by atoms with Gasteiger partial charge in [-0.05, 0) is 130 Å². The Morgan fingerprint density at radius 1 is 0.327 bits per heavy atom. The Morgan fingerprint density at radius 3 is 1.40 bits per heavy atom. The average molecular weight is 1260 g/mol. The fourth-order valence-electron chi connectivity index (χ4n) is 14.2. The van der Waals surface area contributed by atoms with Crippen LogP contribution in [-0.4, -0.2) is 42.2 Å². The molecular weight excluding hydrogens is 1200 g/mol. The normalized spacial score (nSPS) is 12.1. The number of hydrogen-bond donors (Lipinski definition) is 0. The van der Waals surface area contributed by atoms with E-state index in [1.807, 2.05) is 140 Å². The van der Waals surface area contributed by atoms with Gasteiger partial charge in [-0.1, -0.05) is 237 Å². The fraction of sp³-hybridized carbons (Fsp3) is 0.0115. The van der Waals surface area contributed by atoms with E-state index < -0.39 is 5.97 Å². The van der Waals surface area contributed by atoms with Crippen LogP contribution in [-0.2, 0) is 11.3 Å². The molecule has 0 saturated carbocycles. The molecule has 0 saturated heterocycles. The van der Waals surface area contributed by atoms with Crippen molar-refractivity contribution in [3.63, 3.8) is 0 Å². The molecule has 18 rings (SSSR count). The summed E-state index contributed by atoms with van der Waals surface area (Å²) in [6.07, 6.45) is 0. The number of rotatable bonds is 13. The van der Waals surface area contributed by atoms with Crippen molar-refractivity contribution in [3.8, 4) is 84.9 Å². The SMILES string of the molecule is O=C(OCc1ccccc1)c1ccc2c(c1)c1ccccc1n2-c1ccc(-c2nc(-c3ccccc3)nc(-c3ccccc3)n2)cc1-c1nc(-c2ccccc2)cc(-c2ccc(-c3ccc(N4c5ccccc5B5c6ccccc6N(c6ccccc6)c6cccc4c65)cc3)cc2)n1. The van der Waals surface area contributed by atoms with Gasteiger partial charge in [0.05, 0.1) is 33.7 Å². The first kappa shape index (κ1) is 57.5. The molecule has 0 aliphatic carbocycles. The predicted molar refractivity (Wildman–Crippen MR) is 397 cm³/mol. The minimum atomic E-state index is -0.402. The van der Waals surface area contributed by atoms with Crippen LogP contribution in [0.1, 0.15) is 15.9 Å². The van der Waals surface area contributed by atoms with Crippen LogP contribution in [0.2, 0.25) is 0 Å². The molecule has 0 unspecified atom stereocenters. The van der Waals surface area contributed by atoms with Crippen molar-refractivity contribution in [1.29, 1.82) is 0 Å². The van der Waals surface area contributed by atoms with E-state index in [0.29, 0.717) is 28.9 Å². The van der Waals surface area contributed by atoms with Crippen LogP contribution in [0.3, 0.4) is 0 Å². The van der Waals surface area contributed by atoms with E-state index in [2.05, 4.69) is 208 Å². The lowest BCUT2D eigenvalue weighted by Gasteiger charge is -2.44. The molecule has 98 heavy (non-hydrogen) atoms. The summed E-state index contributed by atoms with van der Waals surface area (Å²) < 4.78 is 8.13. The van der Waals surface area contributed by atoms with Crippen molar-refractivity contribution in [3.05, 3.63) is 345 Å². The maximum absolute atomic E-state index is 13.9. The minimum absolute atomic E-state index is 0.0635. The number of anilines is 6. The summed E-state index contributed by atoms with van der Waals surface area (Å²) in [7, 11) is 0. The third-order valence-electron chi connectivity index (χ3n) is 18.8. The van der Waals surface area contributed by atoms with Crippen LogP contribution in [0.4, 0.5) is 34.1 Å². The van der Waals surface area contributed by atoms with Gasteiger partial charge in [-0.25, -0.2) is 29.7 Å². The summed E-state index contributed by atoms with van der Waals surface area (Å²) >= 11 is 0. The molecular formula is C87H57BN8O2. The van der Waals surface area contributed by atoms with E-state index in [-0.39, 0.29) is 13.3 Å². The molecule has 0 fully saturated rings. The predicted octanol–water partition coefficient (Wildman–Crippen LogP) is 18.9. The number of carbonyl (C=O) groups is 1. The molecule has 2 aliphatic rings. The van der Waals surface area contributed by atoms with Gasteiger partial charge in [-0.3, -0.25) is 0 Å². The Balaban J connectivity index is 0.754. The average Bonchev–Trinajstić information content (AvgIpc) is 0.831. The van der Waals surface area contributed by atoms with Crippen LogP contribution in [0.15, 0.2) is 334 Å². The molecule has 0 spiro atoms. The second-order valence-corrected chi connectivity index (χ2v) is 24.6. The number of ether oxygens (including phenoxy) is 1. The van der Waals surface area contributed by atoms with Crippen molar-refractivity contribution < 1.29 is 9.53 Å². The van der Waals surface area contributed by atoms with E-state index >= 15 is 0 Å². The molecule has 5 heterocycles. The highest BCUT2D eigenvalue weighted by atomic mass is 16.5. The summed E-state index contributed by atoms with van der Waals surface area (Å²) in [4.78, 5) is 45.3. The van der Waals surface area contributed by atoms with Crippen LogP contribution >= 0.6 is 0 Å². The van der Waals surface area contributed by atoms with Crippen LogP contribution in [0.25, 0.3) is 107 Å². The Morgan fingerprint density at radius 2 is 0.786 bits per heavy atom. The smallest absolute Gasteiger partial charge is 0.338 e. The third kappa shape index (κ3) is 10.2. The number of esters is 1.